The SMILES string of the molecule is Cc1ccccc1NC(=O)/C(C#N)=C/c1ccccc1OC(F)F. The summed E-state index contributed by atoms with van der Waals surface area (Å²) in [6, 6.07) is 14.8. The predicted molar refractivity (Wildman–Crippen MR) is 86.5 cm³/mol. The number of carbonyl (C=O) groups is 1. The Balaban J connectivity index is 2.28. The summed E-state index contributed by atoms with van der Waals surface area (Å²) in [5.41, 5.74) is 1.41. The summed E-state index contributed by atoms with van der Waals surface area (Å²) in [6.45, 7) is -1.18. The van der Waals surface area contributed by atoms with Crippen LogP contribution in [0.2, 0.25) is 0 Å². The minimum atomic E-state index is -2.99. The fourth-order valence-corrected chi connectivity index (χ4v) is 2.01. The minimum Gasteiger partial charge on any atom is -0.434 e. The third kappa shape index (κ3) is 4.40. The number of rotatable bonds is 5. The lowest BCUT2D eigenvalue weighted by Crippen LogP contribution is -2.14. The van der Waals surface area contributed by atoms with Gasteiger partial charge in [0.05, 0.1) is 0 Å². The Morgan fingerprint density at radius 2 is 1.88 bits per heavy atom. The molecular formula is C18H14F2N2O2. The Morgan fingerprint density at radius 3 is 2.54 bits per heavy atom. The Morgan fingerprint density at radius 1 is 1.21 bits per heavy atom. The van der Waals surface area contributed by atoms with Crippen LogP contribution in [-0.2, 0) is 4.79 Å². The minimum absolute atomic E-state index is 0.107. The number of nitrogens with zero attached hydrogens (tertiary/aromatic N) is 1. The van der Waals surface area contributed by atoms with E-state index in [0.717, 1.165) is 5.56 Å². The van der Waals surface area contributed by atoms with E-state index in [0.29, 0.717) is 5.69 Å². The first-order valence-corrected chi connectivity index (χ1v) is 7.04. The van der Waals surface area contributed by atoms with Gasteiger partial charge < -0.3 is 10.1 Å². The lowest BCUT2D eigenvalue weighted by molar-refractivity contribution is -0.112. The van der Waals surface area contributed by atoms with Gasteiger partial charge in [-0.1, -0.05) is 36.4 Å². The topological polar surface area (TPSA) is 62.1 Å². The molecule has 0 unspecified atom stereocenters. The molecule has 1 N–H and O–H groups in total. The molecule has 0 atom stereocenters. The fourth-order valence-electron chi connectivity index (χ4n) is 2.01. The predicted octanol–water partition coefficient (Wildman–Crippen LogP) is 4.14. The molecule has 1 amide bonds. The number of nitrogens with one attached hydrogen (secondary N) is 1. The van der Waals surface area contributed by atoms with Crippen molar-refractivity contribution in [2.75, 3.05) is 5.32 Å². The van der Waals surface area contributed by atoms with Crippen LogP contribution in [0.1, 0.15) is 11.1 Å². The molecule has 0 aromatic heterocycles. The van der Waals surface area contributed by atoms with E-state index in [9.17, 15) is 18.8 Å². The molecule has 2 aromatic carbocycles. The average Bonchev–Trinajstić information content (AvgIpc) is 2.55. The highest BCUT2D eigenvalue weighted by Gasteiger charge is 2.13. The third-order valence-electron chi connectivity index (χ3n) is 3.19. The quantitative estimate of drug-likeness (QED) is 0.663. The molecule has 122 valence electrons. The number of benzene rings is 2. The van der Waals surface area contributed by atoms with Crippen LogP contribution in [-0.4, -0.2) is 12.5 Å². The molecule has 0 saturated heterocycles. The molecule has 24 heavy (non-hydrogen) atoms. The molecule has 2 rings (SSSR count). The molecule has 0 radical (unpaired) electrons. The number of amides is 1. The van der Waals surface area contributed by atoms with Gasteiger partial charge in [-0.15, -0.1) is 0 Å². The second kappa shape index (κ2) is 7.88. The highest BCUT2D eigenvalue weighted by Crippen LogP contribution is 2.23. The highest BCUT2D eigenvalue weighted by molar-refractivity contribution is 6.10. The highest BCUT2D eigenvalue weighted by atomic mass is 19.3. The number of halogens is 2. The molecule has 0 bridgehead atoms. The van der Waals surface area contributed by atoms with Gasteiger partial charge in [0.25, 0.3) is 5.91 Å². The van der Waals surface area contributed by atoms with E-state index in [2.05, 4.69) is 10.1 Å². The molecule has 2 aromatic rings. The van der Waals surface area contributed by atoms with Crippen molar-refractivity contribution >= 4 is 17.7 Å². The molecule has 0 fully saturated rings. The summed E-state index contributed by atoms with van der Waals surface area (Å²) in [6.07, 6.45) is 1.21. The first kappa shape index (κ1) is 17.2. The maximum Gasteiger partial charge on any atom is 0.387 e. The van der Waals surface area contributed by atoms with Crippen molar-refractivity contribution in [2.24, 2.45) is 0 Å². The largest absolute Gasteiger partial charge is 0.434 e. The van der Waals surface area contributed by atoms with Gasteiger partial charge in [0, 0.05) is 11.3 Å². The summed E-state index contributed by atoms with van der Waals surface area (Å²) in [7, 11) is 0. The van der Waals surface area contributed by atoms with Crippen LogP contribution in [0.3, 0.4) is 0 Å². The number of alkyl halides is 2. The van der Waals surface area contributed by atoms with Crippen molar-refractivity contribution in [3.63, 3.8) is 0 Å². The number of para-hydroxylation sites is 2. The van der Waals surface area contributed by atoms with Crippen LogP contribution in [0, 0.1) is 18.3 Å². The molecule has 0 aliphatic rings. The molecule has 0 aliphatic carbocycles. The summed E-state index contributed by atoms with van der Waals surface area (Å²) in [5, 5.41) is 11.8. The van der Waals surface area contributed by atoms with E-state index >= 15 is 0 Å². The number of aryl methyl sites for hydroxylation is 1. The normalized spacial score (nSPS) is 11.0. The number of ether oxygens (including phenoxy) is 1. The van der Waals surface area contributed by atoms with Gasteiger partial charge in [0.1, 0.15) is 17.4 Å². The second-order valence-electron chi connectivity index (χ2n) is 4.86. The van der Waals surface area contributed by atoms with E-state index < -0.39 is 12.5 Å². The monoisotopic (exact) mass is 328 g/mol. The number of carbonyl (C=O) groups excluding carboxylic acids is 1. The van der Waals surface area contributed by atoms with Crippen LogP contribution in [0.4, 0.5) is 14.5 Å². The summed E-state index contributed by atoms with van der Waals surface area (Å²) >= 11 is 0. The van der Waals surface area contributed by atoms with Gasteiger partial charge >= 0.3 is 6.61 Å². The van der Waals surface area contributed by atoms with E-state index in [-0.39, 0.29) is 16.9 Å². The van der Waals surface area contributed by atoms with Gasteiger partial charge in [0.15, 0.2) is 0 Å². The van der Waals surface area contributed by atoms with E-state index in [1.165, 1.54) is 24.3 Å². The van der Waals surface area contributed by atoms with Crippen molar-refractivity contribution in [3.05, 3.63) is 65.2 Å². The Bertz CT molecular complexity index is 811. The second-order valence-corrected chi connectivity index (χ2v) is 4.86. The van der Waals surface area contributed by atoms with E-state index in [1.54, 1.807) is 24.3 Å². The zero-order valence-corrected chi connectivity index (χ0v) is 12.8. The summed E-state index contributed by atoms with van der Waals surface area (Å²) < 4.78 is 29.2. The van der Waals surface area contributed by atoms with Crippen molar-refractivity contribution in [3.8, 4) is 11.8 Å². The Hall–Kier alpha value is -3.20. The van der Waals surface area contributed by atoms with Crippen LogP contribution in [0.5, 0.6) is 5.75 Å². The first-order chi connectivity index (χ1) is 11.5. The van der Waals surface area contributed by atoms with Crippen LogP contribution < -0.4 is 10.1 Å². The van der Waals surface area contributed by atoms with Crippen molar-refractivity contribution in [1.82, 2.24) is 0 Å². The smallest absolute Gasteiger partial charge is 0.387 e. The van der Waals surface area contributed by atoms with Gasteiger partial charge in [-0.3, -0.25) is 4.79 Å². The van der Waals surface area contributed by atoms with Crippen molar-refractivity contribution in [1.29, 1.82) is 5.26 Å². The number of hydrogen-bond donors (Lipinski definition) is 1. The zero-order valence-electron chi connectivity index (χ0n) is 12.8. The number of nitriles is 1. The maximum atomic E-state index is 12.4. The molecule has 0 saturated carbocycles. The molecular weight excluding hydrogens is 314 g/mol. The molecule has 0 aliphatic heterocycles. The van der Waals surface area contributed by atoms with E-state index in [1.807, 2.05) is 19.1 Å². The van der Waals surface area contributed by atoms with Gasteiger partial charge in [-0.25, -0.2) is 0 Å². The van der Waals surface area contributed by atoms with Crippen LogP contribution >= 0.6 is 0 Å². The molecule has 0 spiro atoms. The fraction of sp³-hybridized carbons (Fsp3) is 0.111. The van der Waals surface area contributed by atoms with E-state index in [4.69, 9.17) is 0 Å². The zero-order chi connectivity index (χ0) is 17.5. The Kier molecular flexibility index (Phi) is 5.63. The van der Waals surface area contributed by atoms with Gasteiger partial charge in [-0.05, 0) is 30.7 Å². The standard InChI is InChI=1S/C18H14F2N2O2/c1-12-6-2-4-8-15(12)22-17(23)14(11-21)10-13-7-3-5-9-16(13)24-18(19)20/h2-10,18H,1H3,(H,22,23)/b14-10+. The summed E-state index contributed by atoms with van der Waals surface area (Å²) in [5.74, 6) is -0.734. The maximum absolute atomic E-state index is 12.4. The van der Waals surface area contributed by atoms with Crippen molar-refractivity contribution < 1.29 is 18.3 Å². The van der Waals surface area contributed by atoms with Gasteiger partial charge in [0.2, 0.25) is 0 Å². The van der Waals surface area contributed by atoms with Gasteiger partial charge in [-0.2, -0.15) is 14.0 Å². The number of anilines is 1. The Labute approximate surface area is 138 Å². The lowest BCUT2D eigenvalue weighted by Gasteiger charge is -2.09. The van der Waals surface area contributed by atoms with Crippen molar-refractivity contribution in [2.45, 2.75) is 13.5 Å². The molecule has 0 heterocycles. The van der Waals surface area contributed by atoms with Crippen LogP contribution in [0.15, 0.2) is 54.1 Å². The first-order valence-electron chi connectivity index (χ1n) is 7.04. The van der Waals surface area contributed by atoms with Crippen LogP contribution in [0.25, 0.3) is 6.08 Å². The third-order valence-corrected chi connectivity index (χ3v) is 3.19. The number of hydrogen-bond acceptors (Lipinski definition) is 3. The molecule has 4 nitrogen and oxygen atoms in total. The molecule has 6 heteroatoms. The lowest BCUT2D eigenvalue weighted by atomic mass is 10.1. The summed E-state index contributed by atoms with van der Waals surface area (Å²) in [4.78, 5) is 12.2. The average molecular weight is 328 g/mol.